The summed E-state index contributed by atoms with van der Waals surface area (Å²) in [6.07, 6.45) is 2.82. The van der Waals surface area contributed by atoms with E-state index in [4.69, 9.17) is 9.47 Å². The van der Waals surface area contributed by atoms with E-state index in [2.05, 4.69) is 15.4 Å². The maximum Gasteiger partial charge on any atom is 0.264 e. The summed E-state index contributed by atoms with van der Waals surface area (Å²) in [5.74, 6) is 0.664. The molecule has 1 amide bonds. The van der Waals surface area contributed by atoms with Crippen LogP contribution in [0.3, 0.4) is 0 Å². The van der Waals surface area contributed by atoms with Gasteiger partial charge in [0, 0.05) is 6.07 Å². The minimum Gasteiger partial charge on any atom is -0.497 e. The topological polar surface area (TPSA) is 100 Å². The SMILES string of the molecule is COc1ccc(NC(=O)Cn2cnc3c(cnn3-c3ccccc3C)c2=O)c(OC)c1. The Bertz CT molecular complexity index is 1330. The number of carbonyl (C=O) groups is 1. The molecule has 0 saturated heterocycles. The molecule has 2 aromatic carbocycles. The smallest absolute Gasteiger partial charge is 0.264 e. The number of nitrogens with one attached hydrogen (secondary N) is 1. The first-order valence-corrected chi connectivity index (χ1v) is 9.53. The highest BCUT2D eigenvalue weighted by atomic mass is 16.5. The van der Waals surface area contributed by atoms with Crippen molar-refractivity contribution in [1.82, 2.24) is 19.3 Å². The molecule has 0 spiro atoms. The predicted octanol–water partition coefficient (Wildman–Crippen LogP) is 2.55. The third-order valence-electron chi connectivity index (χ3n) is 4.89. The molecule has 0 radical (unpaired) electrons. The average molecular weight is 419 g/mol. The maximum absolute atomic E-state index is 12.9. The molecule has 2 heterocycles. The number of benzene rings is 2. The van der Waals surface area contributed by atoms with Crippen LogP contribution in [0, 0.1) is 6.92 Å². The molecule has 0 saturated carbocycles. The molecule has 4 aromatic rings. The lowest BCUT2D eigenvalue weighted by molar-refractivity contribution is -0.116. The van der Waals surface area contributed by atoms with Crippen molar-refractivity contribution in [1.29, 1.82) is 0 Å². The quantitative estimate of drug-likeness (QED) is 0.516. The summed E-state index contributed by atoms with van der Waals surface area (Å²) in [6, 6.07) is 12.7. The van der Waals surface area contributed by atoms with Gasteiger partial charge in [-0.15, -0.1) is 0 Å². The number of rotatable bonds is 6. The van der Waals surface area contributed by atoms with Gasteiger partial charge in [-0.1, -0.05) is 18.2 Å². The van der Waals surface area contributed by atoms with E-state index in [0.29, 0.717) is 28.2 Å². The van der Waals surface area contributed by atoms with E-state index in [1.165, 1.54) is 24.2 Å². The number of para-hydroxylation sites is 1. The third-order valence-corrected chi connectivity index (χ3v) is 4.89. The van der Waals surface area contributed by atoms with Crippen molar-refractivity contribution in [3.63, 3.8) is 0 Å². The fourth-order valence-electron chi connectivity index (χ4n) is 3.28. The van der Waals surface area contributed by atoms with Crippen molar-refractivity contribution < 1.29 is 14.3 Å². The lowest BCUT2D eigenvalue weighted by atomic mass is 10.2. The molecule has 0 aliphatic heterocycles. The highest BCUT2D eigenvalue weighted by Crippen LogP contribution is 2.29. The van der Waals surface area contributed by atoms with E-state index in [0.717, 1.165) is 11.3 Å². The zero-order valence-electron chi connectivity index (χ0n) is 17.3. The summed E-state index contributed by atoms with van der Waals surface area (Å²) in [7, 11) is 3.04. The second-order valence-corrected chi connectivity index (χ2v) is 6.87. The fraction of sp³-hybridized carbons (Fsp3) is 0.182. The minimum atomic E-state index is -0.391. The fourth-order valence-corrected chi connectivity index (χ4v) is 3.28. The number of aryl methyl sites for hydroxylation is 1. The number of ether oxygens (including phenoxy) is 2. The van der Waals surface area contributed by atoms with Crippen molar-refractivity contribution in [2.45, 2.75) is 13.5 Å². The number of anilines is 1. The average Bonchev–Trinajstić information content (AvgIpc) is 3.21. The Balaban J connectivity index is 1.60. The Kier molecular flexibility index (Phi) is 5.40. The lowest BCUT2D eigenvalue weighted by Gasteiger charge is -2.12. The molecule has 0 fully saturated rings. The van der Waals surface area contributed by atoms with Gasteiger partial charge in [0.25, 0.3) is 5.56 Å². The van der Waals surface area contributed by atoms with E-state index in [9.17, 15) is 9.59 Å². The number of methoxy groups -OCH3 is 2. The van der Waals surface area contributed by atoms with E-state index in [-0.39, 0.29) is 12.1 Å². The number of carbonyl (C=O) groups excluding carboxylic acids is 1. The summed E-state index contributed by atoms with van der Waals surface area (Å²) >= 11 is 0. The molecule has 0 atom stereocenters. The third kappa shape index (κ3) is 3.85. The second-order valence-electron chi connectivity index (χ2n) is 6.87. The van der Waals surface area contributed by atoms with Gasteiger partial charge in [0.05, 0.1) is 31.8 Å². The van der Waals surface area contributed by atoms with Crippen LogP contribution in [0.25, 0.3) is 16.7 Å². The van der Waals surface area contributed by atoms with Gasteiger partial charge in [-0.2, -0.15) is 5.10 Å². The van der Waals surface area contributed by atoms with Crippen LogP contribution in [0.5, 0.6) is 11.5 Å². The molecule has 158 valence electrons. The normalized spacial score (nSPS) is 10.8. The molecule has 4 rings (SSSR count). The van der Waals surface area contributed by atoms with Gasteiger partial charge in [-0.3, -0.25) is 14.2 Å². The van der Waals surface area contributed by atoms with E-state index >= 15 is 0 Å². The largest absolute Gasteiger partial charge is 0.497 e. The summed E-state index contributed by atoms with van der Waals surface area (Å²) in [4.78, 5) is 29.8. The summed E-state index contributed by atoms with van der Waals surface area (Å²) in [5.41, 5.74) is 2.41. The van der Waals surface area contributed by atoms with Crippen molar-refractivity contribution in [2.24, 2.45) is 0 Å². The second kappa shape index (κ2) is 8.31. The zero-order valence-corrected chi connectivity index (χ0v) is 17.3. The number of nitrogens with zero attached hydrogens (tertiary/aromatic N) is 4. The Hall–Kier alpha value is -4.14. The van der Waals surface area contributed by atoms with Crippen LogP contribution >= 0.6 is 0 Å². The van der Waals surface area contributed by atoms with Crippen molar-refractivity contribution >= 4 is 22.6 Å². The molecule has 2 aromatic heterocycles. The number of hydrogen-bond donors (Lipinski definition) is 1. The van der Waals surface area contributed by atoms with Gasteiger partial charge in [-0.05, 0) is 30.7 Å². The highest BCUT2D eigenvalue weighted by Gasteiger charge is 2.15. The predicted molar refractivity (Wildman–Crippen MR) is 116 cm³/mol. The first-order chi connectivity index (χ1) is 15.0. The van der Waals surface area contributed by atoms with Crippen LogP contribution in [-0.2, 0) is 11.3 Å². The van der Waals surface area contributed by atoms with Crippen molar-refractivity contribution in [3.05, 3.63) is 70.9 Å². The number of amides is 1. The van der Waals surface area contributed by atoms with Crippen LogP contribution in [0.4, 0.5) is 5.69 Å². The Labute approximate surface area is 177 Å². The number of aromatic nitrogens is 4. The van der Waals surface area contributed by atoms with Gasteiger partial charge in [0.1, 0.15) is 29.8 Å². The van der Waals surface area contributed by atoms with Crippen LogP contribution in [0.2, 0.25) is 0 Å². The van der Waals surface area contributed by atoms with Gasteiger partial charge in [0.15, 0.2) is 5.65 Å². The molecular formula is C22H21N5O4. The molecule has 31 heavy (non-hydrogen) atoms. The van der Waals surface area contributed by atoms with Gasteiger partial charge >= 0.3 is 0 Å². The molecule has 0 bridgehead atoms. The number of fused-ring (bicyclic) bond motifs is 1. The Morgan fingerprint density at radius 1 is 1.13 bits per heavy atom. The minimum absolute atomic E-state index is 0.202. The summed E-state index contributed by atoms with van der Waals surface area (Å²) < 4.78 is 13.3. The van der Waals surface area contributed by atoms with E-state index in [1.807, 2.05) is 31.2 Å². The van der Waals surface area contributed by atoms with Gasteiger partial charge in [-0.25, -0.2) is 9.67 Å². The van der Waals surface area contributed by atoms with Crippen LogP contribution in [0.15, 0.2) is 59.8 Å². The van der Waals surface area contributed by atoms with Gasteiger partial charge in [0.2, 0.25) is 5.91 Å². The lowest BCUT2D eigenvalue weighted by Crippen LogP contribution is -2.28. The van der Waals surface area contributed by atoms with E-state index < -0.39 is 5.91 Å². The molecule has 1 N–H and O–H groups in total. The molecular weight excluding hydrogens is 398 g/mol. The van der Waals surface area contributed by atoms with Gasteiger partial charge < -0.3 is 14.8 Å². The van der Waals surface area contributed by atoms with Crippen LogP contribution < -0.4 is 20.3 Å². The first kappa shape index (κ1) is 20.1. The Morgan fingerprint density at radius 2 is 1.94 bits per heavy atom. The van der Waals surface area contributed by atoms with Crippen molar-refractivity contribution in [3.8, 4) is 17.2 Å². The molecule has 9 nitrogen and oxygen atoms in total. The first-order valence-electron chi connectivity index (χ1n) is 9.53. The van der Waals surface area contributed by atoms with E-state index in [1.54, 1.807) is 30.0 Å². The Morgan fingerprint density at radius 3 is 2.68 bits per heavy atom. The maximum atomic E-state index is 12.9. The highest BCUT2D eigenvalue weighted by molar-refractivity contribution is 5.92. The summed E-state index contributed by atoms with van der Waals surface area (Å²) in [6.45, 7) is 1.76. The summed E-state index contributed by atoms with van der Waals surface area (Å²) in [5, 5.41) is 7.41. The molecule has 0 aliphatic carbocycles. The zero-order chi connectivity index (χ0) is 22.0. The van der Waals surface area contributed by atoms with Crippen molar-refractivity contribution in [2.75, 3.05) is 19.5 Å². The monoisotopic (exact) mass is 419 g/mol. The molecule has 0 aliphatic rings. The number of hydrogen-bond acceptors (Lipinski definition) is 6. The molecule has 0 unspecified atom stereocenters. The van der Waals surface area contributed by atoms with Crippen LogP contribution in [0.1, 0.15) is 5.56 Å². The standard InChI is InChI=1S/C22H21N5O4/c1-14-6-4-5-7-18(14)27-21-16(11-24-27)22(29)26(13-23-21)12-20(28)25-17-9-8-15(30-2)10-19(17)31-3/h4-11,13H,12H2,1-3H3,(H,25,28). The van der Waals surface area contributed by atoms with Crippen LogP contribution in [-0.4, -0.2) is 39.5 Å². The molecule has 9 heteroatoms.